The predicted octanol–water partition coefficient (Wildman–Crippen LogP) is 2.48. The van der Waals surface area contributed by atoms with Gasteiger partial charge in [-0.05, 0) is 25.1 Å². The van der Waals surface area contributed by atoms with Gasteiger partial charge in [-0.1, -0.05) is 17.7 Å². The van der Waals surface area contributed by atoms with Gasteiger partial charge in [-0.15, -0.1) is 0 Å². The number of likely N-dealkylation sites (N-methyl/N-ethyl adjacent to an activating group) is 1. The molecule has 4 nitrogen and oxygen atoms in total. The molecule has 0 bridgehead atoms. The quantitative estimate of drug-likeness (QED) is 0.823. The van der Waals surface area contributed by atoms with Crippen LogP contribution in [0.3, 0.4) is 0 Å². The van der Waals surface area contributed by atoms with Crippen molar-refractivity contribution in [2.75, 3.05) is 13.6 Å². The van der Waals surface area contributed by atoms with Crippen LogP contribution in [0.5, 0.6) is 5.75 Å². The minimum Gasteiger partial charge on any atom is -0.481 e. The Morgan fingerprint density at radius 1 is 1.61 bits per heavy atom. The first-order valence-electron chi connectivity index (χ1n) is 5.58. The number of hydrogen-bond donors (Lipinski definition) is 0. The van der Waals surface area contributed by atoms with E-state index in [2.05, 4.69) is 0 Å². The van der Waals surface area contributed by atoms with Crippen molar-refractivity contribution in [3.63, 3.8) is 0 Å². The van der Waals surface area contributed by atoms with E-state index in [4.69, 9.17) is 21.6 Å². The lowest BCUT2D eigenvalue weighted by atomic mass is 10.3. The molecule has 0 heterocycles. The van der Waals surface area contributed by atoms with E-state index in [0.717, 1.165) is 0 Å². The third-order valence-electron chi connectivity index (χ3n) is 2.39. The van der Waals surface area contributed by atoms with Crippen LogP contribution in [0.2, 0.25) is 5.02 Å². The Morgan fingerprint density at radius 2 is 2.33 bits per heavy atom. The highest BCUT2D eigenvalue weighted by Crippen LogP contribution is 2.18. The van der Waals surface area contributed by atoms with Gasteiger partial charge < -0.3 is 9.64 Å². The highest BCUT2D eigenvalue weighted by molar-refractivity contribution is 6.30. The van der Waals surface area contributed by atoms with Crippen LogP contribution in [0.1, 0.15) is 13.3 Å². The van der Waals surface area contributed by atoms with Gasteiger partial charge in [0.25, 0.3) is 5.91 Å². The molecule has 0 aliphatic rings. The molecule has 1 atom stereocenters. The Kier molecular flexibility index (Phi) is 5.47. The van der Waals surface area contributed by atoms with E-state index in [9.17, 15) is 4.79 Å². The van der Waals surface area contributed by atoms with E-state index in [0.29, 0.717) is 23.7 Å². The SMILES string of the molecule is CC(Oc1cccc(Cl)c1)C(=O)N(C)CCC#N. The van der Waals surface area contributed by atoms with E-state index >= 15 is 0 Å². The van der Waals surface area contributed by atoms with Gasteiger partial charge in [-0.3, -0.25) is 4.79 Å². The summed E-state index contributed by atoms with van der Waals surface area (Å²) in [6.07, 6.45) is -0.293. The molecule has 96 valence electrons. The Morgan fingerprint density at radius 3 is 2.94 bits per heavy atom. The fourth-order valence-corrected chi connectivity index (χ4v) is 1.61. The molecule has 0 aliphatic heterocycles. The zero-order chi connectivity index (χ0) is 13.5. The predicted molar refractivity (Wildman–Crippen MR) is 69.4 cm³/mol. The summed E-state index contributed by atoms with van der Waals surface area (Å²) in [5, 5.41) is 9.03. The molecule has 0 radical (unpaired) electrons. The monoisotopic (exact) mass is 266 g/mol. The number of carbonyl (C=O) groups is 1. The molecule has 0 N–H and O–H groups in total. The molecule has 1 unspecified atom stereocenters. The van der Waals surface area contributed by atoms with Crippen LogP contribution in [0, 0.1) is 11.3 Å². The van der Waals surface area contributed by atoms with Crippen molar-refractivity contribution in [2.45, 2.75) is 19.4 Å². The van der Waals surface area contributed by atoms with Crippen LogP contribution in [0.4, 0.5) is 0 Å². The first kappa shape index (κ1) is 14.3. The van der Waals surface area contributed by atoms with E-state index < -0.39 is 6.10 Å². The molecule has 0 aliphatic carbocycles. The summed E-state index contributed by atoms with van der Waals surface area (Å²) in [5.74, 6) is 0.391. The zero-order valence-electron chi connectivity index (χ0n) is 10.4. The molecule has 0 saturated heterocycles. The number of nitriles is 1. The molecule has 0 saturated carbocycles. The van der Waals surface area contributed by atoms with Crippen molar-refractivity contribution < 1.29 is 9.53 Å². The van der Waals surface area contributed by atoms with Crippen LogP contribution in [-0.2, 0) is 4.79 Å². The molecule has 1 rings (SSSR count). The lowest BCUT2D eigenvalue weighted by Gasteiger charge is -2.21. The van der Waals surface area contributed by atoms with Crippen LogP contribution < -0.4 is 4.74 Å². The van der Waals surface area contributed by atoms with Gasteiger partial charge in [0.05, 0.1) is 12.5 Å². The van der Waals surface area contributed by atoms with Crippen molar-refractivity contribution in [1.29, 1.82) is 5.26 Å². The van der Waals surface area contributed by atoms with E-state index in [1.54, 1.807) is 38.2 Å². The van der Waals surface area contributed by atoms with Crippen LogP contribution in [0.25, 0.3) is 0 Å². The number of rotatable bonds is 5. The maximum absolute atomic E-state index is 11.9. The summed E-state index contributed by atoms with van der Waals surface area (Å²) < 4.78 is 5.50. The number of hydrogen-bond acceptors (Lipinski definition) is 3. The third-order valence-corrected chi connectivity index (χ3v) is 2.63. The maximum Gasteiger partial charge on any atom is 0.263 e. The lowest BCUT2D eigenvalue weighted by molar-refractivity contribution is -0.136. The van der Waals surface area contributed by atoms with Crippen molar-refractivity contribution >= 4 is 17.5 Å². The smallest absolute Gasteiger partial charge is 0.263 e. The molecule has 18 heavy (non-hydrogen) atoms. The molecular formula is C13H15ClN2O2. The normalized spacial score (nSPS) is 11.4. The highest BCUT2D eigenvalue weighted by Gasteiger charge is 2.18. The topological polar surface area (TPSA) is 53.3 Å². The molecule has 5 heteroatoms. The first-order chi connectivity index (χ1) is 8.54. The van der Waals surface area contributed by atoms with Crippen LogP contribution in [0.15, 0.2) is 24.3 Å². The standard InChI is InChI=1S/C13H15ClN2O2/c1-10(13(17)16(2)8-4-7-15)18-12-6-3-5-11(14)9-12/h3,5-6,9-10H,4,8H2,1-2H3. The summed E-state index contributed by atoms with van der Waals surface area (Å²) in [6, 6.07) is 8.89. The van der Waals surface area contributed by atoms with Crippen LogP contribution >= 0.6 is 11.6 Å². The summed E-state index contributed by atoms with van der Waals surface area (Å²) in [7, 11) is 1.65. The number of ether oxygens (including phenoxy) is 1. The minimum absolute atomic E-state index is 0.162. The molecule has 1 amide bonds. The van der Waals surface area contributed by atoms with Crippen molar-refractivity contribution in [1.82, 2.24) is 4.90 Å². The average molecular weight is 267 g/mol. The number of benzene rings is 1. The van der Waals surface area contributed by atoms with Gasteiger partial charge >= 0.3 is 0 Å². The van der Waals surface area contributed by atoms with Crippen LogP contribution in [-0.4, -0.2) is 30.5 Å². The van der Waals surface area contributed by atoms with Gasteiger partial charge in [-0.2, -0.15) is 5.26 Å². The molecule has 0 fully saturated rings. The largest absolute Gasteiger partial charge is 0.481 e. The number of amides is 1. The molecule has 0 spiro atoms. The van der Waals surface area contributed by atoms with Crippen molar-refractivity contribution in [3.05, 3.63) is 29.3 Å². The minimum atomic E-state index is -0.604. The average Bonchev–Trinajstić information content (AvgIpc) is 2.35. The number of halogens is 1. The number of carbonyl (C=O) groups excluding carboxylic acids is 1. The highest BCUT2D eigenvalue weighted by atomic mass is 35.5. The molecule has 1 aromatic rings. The first-order valence-corrected chi connectivity index (χ1v) is 5.96. The Bertz CT molecular complexity index is 457. The summed E-state index contributed by atoms with van der Waals surface area (Å²) in [6.45, 7) is 2.07. The fraction of sp³-hybridized carbons (Fsp3) is 0.385. The van der Waals surface area contributed by atoms with Gasteiger partial charge in [-0.25, -0.2) is 0 Å². The van der Waals surface area contributed by atoms with Crippen molar-refractivity contribution in [3.8, 4) is 11.8 Å². The van der Waals surface area contributed by atoms with Gasteiger partial charge in [0.2, 0.25) is 0 Å². The molecule has 1 aromatic carbocycles. The molecule has 0 aromatic heterocycles. The lowest BCUT2D eigenvalue weighted by Crippen LogP contribution is -2.38. The third kappa shape index (κ3) is 4.27. The van der Waals surface area contributed by atoms with E-state index in [1.165, 1.54) is 4.90 Å². The maximum atomic E-state index is 11.9. The van der Waals surface area contributed by atoms with E-state index in [1.807, 2.05) is 6.07 Å². The zero-order valence-corrected chi connectivity index (χ0v) is 11.1. The second-order valence-electron chi connectivity index (χ2n) is 3.89. The Balaban J connectivity index is 2.57. The van der Waals surface area contributed by atoms with E-state index in [-0.39, 0.29) is 5.91 Å². The fourth-order valence-electron chi connectivity index (χ4n) is 1.43. The van der Waals surface area contributed by atoms with Crippen molar-refractivity contribution in [2.24, 2.45) is 0 Å². The summed E-state index contributed by atoms with van der Waals surface area (Å²) in [5.41, 5.74) is 0. The van der Waals surface area contributed by atoms with Gasteiger partial charge in [0, 0.05) is 18.6 Å². The summed E-state index contributed by atoms with van der Waals surface area (Å²) >= 11 is 5.83. The molecular weight excluding hydrogens is 252 g/mol. The summed E-state index contributed by atoms with van der Waals surface area (Å²) in [4.78, 5) is 13.4. The number of nitrogens with zero attached hydrogens (tertiary/aromatic N) is 2. The van der Waals surface area contributed by atoms with Gasteiger partial charge in [0.1, 0.15) is 5.75 Å². The Labute approximate surface area is 112 Å². The second-order valence-corrected chi connectivity index (χ2v) is 4.32. The second kappa shape index (κ2) is 6.87. The Hall–Kier alpha value is -1.73. The van der Waals surface area contributed by atoms with Gasteiger partial charge in [0.15, 0.2) is 6.10 Å².